The second kappa shape index (κ2) is 9.35. The molecule has 8 heteroatoms. The zero-order valence-corrected chi connectivity index (χ0v) is 19.8. The van der Waals surface area contributed by atoms with E-state index >= 15 is 0 Å². The standard InChI is InChI=1S/C26H27N5O3/c1-16-13-18(10-12-21(16)33-19-11-9-17(2)28-14-19)31-24-23-20(29-15-30-24)7-6-8-22(23)34-26(3,4)25(32)27-5/h6-15H,1-5H3,(H,27,32)(H,29,30,31). The van der Waals surface area contributed by atoms with Crippen molar-refractivity contribution in [3.8, 4) is 17.2 Å². The van der Waals surface area contributed by atoms with Crippen LogP contribution in [0.3, 0.4) is 0 Å². The van der Waals surface area contributed by atoms with E-state index in [1.54, 1.807) is 33.2 Å². The number of benzene rings is 2. The Bertz CT molecular complexity index is 1330. The molecule has 4 aromatic rings. The molecule has 174 valence electrons. The Hall–Kier alpha value is -4.20. The van der Waals surface area contributed by atoms with E-state index in [4.69, 9.17) is 9.47 Å². The topological polar surface area (TPSA) is 98.3 Å². The summed E-state index contributed by atoms with van der Waals surface area (Å²) in [6.07, 6.45) is 3.20. The molecule has 2 aromatic carbocycles. The molecule has 0 spiro atoms. The van der Waals surface area contributed by atoms with Gasteiger partial charge in [-0.3, -0.25) is 9.78 Å². The van der Waals surface area contributed by atoms with Gasteiger partial charge in [-0.2, -0.15) is 0 Å². The van der Waals surface area contributed by atoms with Crippen molar-refractivity contribution in [2.24, 2.45) is 0 Å². The molecule has 0 radical (unpaired) electrons. The quantitative estimate of drug-likeness (QED) is 0.399. The second-order valence-corrected chi connectivity index (χ2v) is 8.41. The largest absolute Gasteiger partial charge is 0.477 e. The molecule has 0 saturated heterocycles. The lowest BCUT2D eigenvalue weighted by Crippen LogP contribution is -2.45. The van der Waals surface area contributed by atoms with Gasteiger partial charge in [-0.25, -0.2) is 9.97 Å². The van der Waals surface area contributed by atoms with Crippen LogP contribution in [0.2, 0.25) is 0 Å². The van der Waals surface area contributed by atoms with Crippen LogP contribution in [0, 0.1) is 13.8 Å². The van der Waals surface area contributed by atoms with Gasteiger partial charge >= 0.3 is 0 Å². The SMILES string of the molecule is CNC(=O)C(C)(C)Oc1cccc2ncnc(Nc3ccc(Oc4ccc(C)nc4)c(C)c3)c12. The van der Waals surface area contributed by atoms with Crippen molar-refractivity contribution < 1.29 is 14.3 Å². The number of pyridine rings is 1. The number of carbonyl (C=O) groups is 1. The number of aryl methyl sites for hydroxylation is 2. The van der Waals surface area contributed by atoms with E-state index < -0.39 is 5.60 Å². The molecule has 0 atom stereocenters. The van der Waals surface area contributed by atoms with Crippen LogP contribution >= 0.6 is 0 Å². The van der Waals surface area contributed by atoms with E-state index in [2.05, 4.69) is 25.6 Å². The lowest BCUT2D eigenvalue weighted by atomic mass is 10.1. The van der Waals surface area contributed by atoms with Gasteiger partial charge in [0.05, 0.1) is 17.1 Å². The van der Waals surface area contributed by atoms with E-state index in [1.807, 2.05) is 56.3 Å². The van der Waals surface area contributed by atoms with Crippen molar-refractivity contribution in [1.82, 2.24) is 20.3 Å². The molecular weight excluding hydrogens is 430 g/mol. The van der Waals surface area contributed by atoms with Gasteiger partial charge in [-0.15, -0.1) is 0 Å². The molecule has 0 unspecified atom stereocenters. The Morgan fingerprint density at radius 3 is 2.50 bits per heavy atom. The van der Waals surface area contributed by atoms with Crippen LogP contribution in [0.1, 0.15) is 25.1 Å². The van der Waals surface area contributed by atoms with Gasteiger partial charge in [0, 0.05) is 18.4 Å². The number of hydrogen-bond acceptors (Lipinski definition) is 7. The minimum absolute atomic E-state index is 0.231. The first-order valence-corrected chi connectivity index (χ1v) is 10.9. The maximum atomic E-state index is 12.3. The maximum Gasteiger partial charge on any atom is 0.263 e. The Labute approximate surface area is 198 Å². The van der Waals surface area contributed by atoms with Crippen LogP contribution in [-0.4, -0.2) is 33.5 Å². The van der Waals surface area contributed by atoms with Gasteiger partial charge in [0.1, 0.15) is 29.4 Å². The molecule has 2 N–H and O–H groups in total. The summed E-state index contributed by atoms with van der Waals surface area (Å²) in [6, 6.07) is 15.1. The average Bonchev–Trinajstić information content (AvgIpc) is 2.81. The molecule has 0 fully saturated rings. The summed E-state index contributed by atoms with van der Waals surface area (Å²) in [4.78, 5) is 25.3. The highest BCUT2D eigenvalue weighted by molar-refractivity contribution is 5.96. The minimum atomic E-state index is -1.07. The molecule has 0 aliphatic heterocycles. The summed E-state index contributed by atoms with van der Waals surface area (Å²) in [5.74, 6) is 2.27. The molecular formula is C26H27N5O3. The van der Waals surface area contributed by atoms with Crippen molar-refractivity contribution in [3.63, 3.8) is 0 Å². The van der Waals surface area contributed by atoms with E-state index in [9.17, 15) is 4.79 Å². The summed E-state index contributed by atoms with van der Waals surface area (Å²) in [5, 5.41) is 6.67. The van der Waals surface area contributed by atoms with E-state index in [-0.39, 0.29) is 5.91 Å². The summed E-state index contributed by atoms with van der Waals surface area (Å²) in [6.45, 7) is 7.34. The number of anilines is 2. The van der Waals surface area contributed by atoms with Crippen LogP contribution in [0.4, 0.5) is 11.5 Å². The summed E-state index contributed by atoms with van der Waals surface area (Å²) >= 11 is 0. The van der Waals surface area contributed by atoms with Gasteiger partial charge in [0.2, 0.25) is 0 Å². The van der Waals surface area contributed by atoms with E-state index in [1.165, 1.54) is 6.33 Å². The molecule has 34 heavy (non-hydrogen) atoms. The zero-order chi connectivity index (χ0) is 24.3. The molecule has 2 heterocycles. The lowest BCUT2D eigenvalue weighted by Gasteiger charge is -2.25. The normalized spacial score (nSPS) is 11.2. The predicted molar refractivity (Wildman–Crippen MR) is 132 cm³/mol. The van der Waals surface area contributed by atoms with Crippen LogP contribution in [0.5, 0.6) is 17.2 Å². The third-order valence-electron chi connectivity index (χ3n) is 5.31. The number of likely N-dealkylation sites (N-methyl/N-ethyl adjacent to an activating group) is 1. The first-order chi connectivity index (χ1) is 16.3. The van der Waals surface area contributed by atoms with Crippen LogP contribution in [0.25, 0.3) is 10.9 Å². The number of carbonyl (C=O) groups excluding carboxylic acids is 1. The highest BCUT2D eigenvalue weighted by atomic mass is 16.5. The Morgan fingerprint density at radius 1 is 0.971 bits per heavy atom. The highest BCUT2D eigenvalue weighted by Gasteiger charge is 2.30. The molecule has 0 bridgehead atoms. The van der Waals surface area contributed by atoms with Crippen LogP contribution in [0.15, 0.2) is 61.1 Å². The van der Waals surface area contributed by atoms with Gasteiger partial charge < -0.3 is 20.1 Å². The fourth-order valence-corrected chi connectivity index (χ4v) is 3.50. The van der Waals surface area contributed by atoms with Crippen molar-refractivity contribution in [2.75, 3.05) is 12.4 Å². The van der Waals surface area contributed by atoms with Crippen LogP contribution in [-0.2, 0) is 4.79 Å². The first-order valence-electron chi connectivity index (χ1n) is 10.9. The highest BCUT2D eigenvalue weighted by Crippen LogP contribution is 2.35. The molecule has 8 nitrogen and oxygen atoms in total. The van der Waals surface area contributed by atoms with E-state index in [0.717, 1.165) is 22.7 Å². The summed E-state index contributed by atoms with van der Waals surface area (Å²) in [5.41, 5.74) is 2.33. The second-order valence-electron chi connectivity index (χ2n) is 8.41. The smallest absolute Gasteiger partial charge is 0.263 e. The van der Waals surface area contributed by atoms with Gasteiger partial charge in [-0.05, 0) is 75.7 Å². The fourth-order valence-electron chi connectivity index (χ4n) is 3.50. The monoisotopic (exact) mass is 457 g/mol. The molecule has 4 rings (SSSR count). The number of hydrogen-bond donors (Lipinski definition) is 2. The van der Waals surface area contributed by atoms with Crippen molar-refractivity contribution in [2.45, 2.75) is 33.3 Å². The minimum Gasteiger partial charge on any atom is -0.477 e. The van der Waals surface area contributed by atoms with E-state index in [0.29, 0.717) is 28.2 Å². The van der Waals surface area contributed by atoms with Gasteiger partial charge in [-0.1, -0.05) is 6.07 Å². The Balaban J connectivity index is 1.63. The molecule has 2 aromatic heterocycles. The maximum absolute atomic E-state index is 12.3. The summed E-state index contributed by atoms with van der Waals surface area (Å²) in [7, 11) is 1.58. The lowest BCUT2D eigenvalue weighted by molar-refractivity contribution is -0.133. The number of ether oxygens (including phenoxy) is 2. The molecule has 0 aliphatic rings. The fraction of sp³-hybridized carbons (Fsp3) is 0.231. The van der Waals surface area contributed by atoms with Crippen molar-refractivity contribution in [3.05, 3.63) is 72.3 Å². The zero-order valence-electron chi connectivity index (χ0n) is 19.8. The Morgan fingerprint density at radius 2 is 1.79 bits per heavy atom. The number of fused-ring (bicyclic) bond motifs is 1. The number of rotatable bonds is 7. The van der Waals surface area contributed by atoms with Crippen molar-refractivity contribution >= 4 is 28.3 Å². The third kappa shape index (κ3) is 4.91. The number of nitrogens with zero attached hydrogens (tertiary/aromatic N) is 3. The third-order valence-corrected chi connectivity index (χ3v) is 5.31. The predicted octanol–water partition coefficient (Wildman–Crippen LogP) is 5.08. The first kappa shape index (κ1) is 23.0. The number of aromatic nitrogens is 3. The number of nitrogens with one attached hydrogen (secondary N) is 2. The van der Waals surface area contributed by atoms with Gasteiger partial charge in [0.25, 0.3) is 5.91 Å². The molecule has 0 aliphatic carbocycles. The molecule has 1 amide bonds. The summed E-state index contributed by atoms with van der Waals surface area (Å²) < 4.78 is 12.1. The molecule has 0 saturated carbocycles. The average molecular weight is 458 g/mol. The van der Waals surface area contributed by atoms with Gasteiger partial charge in [0.15, 0.2) is 5.60 Å². The van der Waals surface area contributed by atoms with Crippen LogP contribution < -0.4 is 20.1 Å². The number of amides is 1. The Kier molecular flexibility index (Phi) is 6.32. The van der Waals surface area contributed by atoms with Crippen molar-refractivity contribution in [1.29, 1.82) is 0 Å².